The summed E-state index contributed by atoms with van der Waals surface area (Å²) in [4.78, 5) is 20.3. The van der Waals surface area contributed by atoms with Crippen LogP contribution < -0.4 is 14.4 Å². The third-order valence-corrected chi connectivity index (χ3v) is 6.28. The van der Waals surface area contributed by atoms with Gasteiger partial charge in [0.25, 0.3) is 0 Å². The van der Waals surface area contributed by atoms with Crippen LogP contribution in [0, 0.1) is 0 Å². The van der Waals surface area contributed by atoms with Gasteiger partial charge in [-0.3, -0.25) is 4.79 Å². The number of methoxy groups -OCH3 is 2. The maximum Gasteiger partial charge on any atom is 0.231 e. The third-order valence-electron chi connectivity index (χ3n) is 6.28. The average Bonchev–Trinajstić information content (AvgIpc) is 3.01. The maximum absolute atomic E-state index is 13.4. The van der Waals surface area contributed by atoms with Gasteiger partial charge in [0.05, 0.1) is 37.7 Å². The molecule has 0 N–H and O–H groups in total. The van der Waals surface area contributed by atoms with Crippen molar-refractivity contribution in [2.24, 2.45) is 0 Å². The van der Waals surface area contributed by atoms with Gasteiger partial charge in [0.1, 0.15) is 0 Å². The Labute approximate surface area is 199 Å². The highest BCUT2D eigenvalue weighted by atomic mass is 16.5. The number of fused-ring (bicyclic) bond motifs is 3. The molecule has 1 aromatic heterocycles. The molecular weight excluding hydrogens is 424 g/mol. The largest absolute Gasteiger partial charge is 0.493 e. The van der Waals surface area contributed by atoms with Gasteiger partial charge in [-0.1, -0.05) is 54.6 Å². The topological polar surface area (TPSA) is 51.7 Å². The fraction of sp³-hybridized carbons (Fsp3) is 0.172. The number of hydrogen-bond donors (Lipinski definition) is 0. The lowest BCUT2D eigenvalue weighted by molar-refractivity contribution is -0.117. The van der Waals surface area contributed by atoms with Gasteiger partial charge in [-0.05, 0) is 47.9 Å². The quantitative estimate of drug-likeness (QED) is 0.374. The van der Waals surface area contributed by atoms with E-state index in [1.807, 2.05) is 66.4 Å². The predicted molar refractivity (Wildman–Crippen MR) is 135 cm³/mol. The second kappa shape index (κ2) is 9.02. The molecule has 5 heteroatoms. The van der Waals surface area contributed by atoms with Crippen LogP contribution in [0.15, 0.2) is 78.9 Å². The molecule has 0 bridgehead atoms. The number of pyridine rings is 1. The molecule has 0 fully saturated rings. The van der Waals surface area contributed by atoms with E-state index < -0.39 is 0 Å². The summed E-state index contributed by atoms with van der Waals surface area (Å²) in [7, 11) is 3.25. The molecule has 0 aliphatic carbocycles. The van der Waals surface area contributed by atoms with Gasteiger partial charge in [-0.2, -0.15) is 0 Å². The number of ether oxygens (including phenoxy) is 2. The van der Waals surface area contributed by atoms with Crippen molar-refractivity contribution in [2.75, 3.05) is 25.7 Å². The van der Waals surface area contributed by atoms with Crippen LogP contribution in [0.2, 0.25) is 0 Å². The first-order chi connectivity index (χ1) is 16.6. The van der Waals surface area contributed by atoms with Gasteiger partial charge >= 0.3 is 0 Å². The average molecular weight is 451 g/mol. The lowest BCUT2D eigenvalue weighted by Gasteiger charge is -2.20. The summed E-state index contributed by atoms with van der Waals surface area (Å²) in [5, 5.41) is 0. The van der Waals surface area contributed by atoms with Crippen LogP contribution in [-0.4, -0.2) is 31.7 Å². The van der Waals surface area contributed by atoms with E-state index in [0.29, 0.717) is 18.0 Å². The lowest BCUT2D eigenvalue weighted by atomic mass is 9.92. The zero-order valence-corrected chi connectivity index (χ0v) is 19.5. The van der Waals surface area contributed by atoms with E-state index in [9.17, 15) is 4.79 Å². The van der Waals surface area contributed by atoms with Gasteiger partial charge in [0, 0.05) is 17.7 Å². The molecule has 170 valence electrons. The van der Waals surface area contributed by atoms with E-state index in [-0.39, 0.29) is 12.3 Å². The summed E-state index contributed by atoms with van der Waals surface area (Å²) in [6, 6.07) is 26.1. The Morgan fingerprint density at radius 1 is 0.824 bits per heavy atom. The van der Waals surface area contributed by atoms with Crippen LogP contribution in [-0.2, 0) is 11.2 Å². The van der Waals surface area contributed by atoms with Gasteiger partial charge in [0.2, 0.25) is 5.91 Å². The van der Waals surface area contributed by atoms with Crippen molar-refractivity contribution in [3.8, 4) is 45.1 Å². The zero-order chi connectivity index (χ0) is 23.7. The van der Waals surface area contributed by atoms with Crippen molar-refractivity contribution < 1.29 is 14.3 Å². The number of hydrogen-bond acceptors (Lipinski definition) is 4. The van der Waals surface area contributed by atoms with Crippen LogP contribution in [0.4, 0.5) is 5.69 Å². The Balaban J connectivity index is 1.83. The SMILES string of the molecule is CCN1C(=O)Cc2c(-c3ccc(OC)c(OC)c3)cc(-c3ccccc3)nc2-c2ccccc21. The first-order valence-corrected chi connectivity index (χ1v) is 11.4. The van der Waals surface area contributed by atoms with E-state index >= 15 is 0 Å². The molecule has 34 heavy (non-hydrogen) atoms. The fourth-order valence-electron chi connectivity index (χ4n) is 4.63. The second-order valence-electron chi connectivity index (χ2n) is 8.15. The molecule has 0 unspecified atom stereocenters. The Hall–Kier alpha value is -4.12. The van der Waals surface area contributed by atoms with E-state index in [0.717, 1.165) is 44.9 Å². The molecule has 0 atom stereocenters. The van der Waals surface area contributed by atoms with Crippen molar-refractivity contribution in [2.45, 2.75) is 13.3 Å². The van der Waals surface area contributed by atoms with Crippen LogP contribution in [0.5, 0.6) is 11.5 Å². The van der Waals surface area contributed by atoms with E-state index in [2.05, 4.69) is 24.3 Å². The minimum atomic E-state index is 0.0599. The molecule has 0 spiro atoms. The number of aromatic nitrogens is 1. The number of rotatable bonds is 5. The van der Waals surface area contributed by atoms with Crippen LogP contribution in [0.25, 0.3) is 33.6 Å². The number of carbonyl (C=O) groups is 1. The molecule has 0 radical (unpaired) electrons. The minimum Gasteiger partial charge on any atom is -0.493 e. The highest BCUT2D eigenvalue weighted by Crippen LogP contribution is 2.42. The smallest absolute Gasteiger partial charge is 0.231 e. The van der Waals surface area contributed by atoms with Crippen molar-refractivity contribution in [3.05, 3.63) is 84.4 Å². The molecule has 1 aliphatic heterocycles. The number of para-hydroxylation sites is 1. The maximum atomic E-state index is 13.4. The fourth-order valence-corrected chi connectivity index (χ4v) is 4.63. The summed E-state index contributed by atoms with van der Waals surface area (Å²) in [5.41, 5.74) is 7.40. The molecule has 2 heterocycles. The molecule has 5 nitrogen and oxygen atoms in total. The third kappa shape index (κ3) is 3.69. The number of likely N-dealkylation sites (N-methyl/N-ethyl adjacent to an activating group) is 1. The highest BCUT2D eigenvalue weighted by Gasteiger charge is 2.28. The van der Waals surface area contributed by atoms with E-state index in [1.165, 1.54) is 0 Å². The summed E-state index contributed by atoms with van der Waals surface area (Å²) >= 11 is 0. The molecular formula is C29H26N2O3. The number of nitrogens with zero attached hydrogens (tertiary/aromatic N) is 2. The molecule has 0 saturated heterocycles. The van der Waals surface area contributed by atoms with Gasteiger partial charge in [-0.25, -0.2) is 4.98 Å². The van der Waals surface area contributed by atoms with E-state index in [4.69, 9.17) is 14.5 Å². The summed E-state index contributed by atoms with van der Waals surface area (Å²) in [5.74, 6) is 1.36. The van der Waals surface area contributed by atoms with Crippen molar-refractivity contribution >= 4 is 11.6 Å². The van der Waals surface area contributed by atoms with Crippen molar-refractivity contribution in [1.29, 1.82) is 0 Å². The van der Waals surface area contributed by atoms with Gasteiger partial charge in [-0.15, -0.1) is 0 Å². The zero-order valence-electron chi connectivity index (χ0n) is 19.5. The first-order valence-electron chi connectivity index (χ1n) is 11.4. The van der Waals surface area contributed by atoms with Crippen molar-refractivity contribution in [1.82, 2.24) is 4.98 Å². The number of amides is 1. The Bertz CT molecular complexity index is 1370. The lowest BCUT2D eigenvalue weighted by Crippen LogP contribution is -2.31. The van der Waals surface area contributed by atoms with Crippen molar-refractivity contribution in [3.63, 3.8) is 0 Å². The van der Waals surface area contributed by atoms with Gasteiger partial charge < -0.3 is 14.4 Å². The summed E-state index contributed by atoms with van der Waals surface area (Å²) in [6.45, 7) is 2.60. The molecule has 5 rings (SSSR count). The number of benzene rings is 3. The van der Waals surface area contributed by atoms with Crippen LogP contribution >= 0.6 is 0 Å². The monoisotopic (exact) mass is 450 g/mol. The Morgan fingerprint density at radius 2 is 1.56 bits per heavy atom. The molecule has 1 amide bonds. The predicted octanol–water partition coefficient (Wildman–Crippen LogP) is 6.01. The number of carbonyl (C=O) groups excluding carboxylic acids is 1. The molecule has 4 aromatic rings. The normalized spacial score (nSPS) is 12.6. The molecule has 1 aliphatic rings. The Kier molecular flexibility index (Phi) is 5.76. The van der Waals surface area contributed by atoms with Crippen LogP contribution in [0.3, 0.4) is 0 Å². The van der Waals surface area contributed by atoms with Crippen LogP contribution in [0.1, 0.15) is 12.5 Å². The highest BCUT2D eigenvalue weighted by molar-refractivity contribution is 6.04. The van der Waals surface area contributed by atoms with Gasteiger partial charge in [0.15, 0.2) is 11.5 Å². The molecule has 3 aromatic carbocycles. The summed E-state index contributed by atoms with van der Waals surface area (Å²) in [6.07, 6.45) is 0.267. The first kappa shape index (κ1) is 21.7. The van der Waals surface area contributed by atoms with E-state index in [1.54, 1.807) is 14.2 Å². The second-order valence-corrected chi connectivity index (χ2v) is 8.15. The standard InChI is InChI=1S/C29H26N2O3/c1-4-31-25-13-9-8-12-21(25)29-23(18-28(31)32)22(17-24(30-29)19-10-6-5-7-11-19)20-14-15-26(33-2)27(16-20)34-3/h5-17H,4,18H2,1-3H3. The summed E-state index contributed by atoms with van der Waals surface area (Å²) < 4.78 is 11.0. The molecule has 0 saturated carbocycles. The minimum absolute atomic E-state index is 0.0599. The Morgan fingerprint density at radius 3 is 2.29 bits per heavy atom. The number of anilines is 1.